The monoisotopic (exact) mass is 461 g/mol. The predicted molar refractivity (Wildman–Crippen MR) is 113 cm³/mol. The molecule has 2 aromatic rings. The number of ketones is 2. The molecule has 0 saturated heterocycles. The predicted octanol–water partition coefficient (Wildman–Crippen LogP) is 3.70. The van der Waals surface area contributed by atoms with Gasteiger partial charge in [0.25, 0.3) is 0 Å². The van der Waals surface area contributed by atoms with Crippen molar-refractivity contribution in [2.24, 2.45) is 5.16 Å². The highest BCUT2D eigenvalue weighted by Crippen LogP contribution is 2.28. The number of methoxy groups -OCH3 is 1. The van der Waals surface area contributed by atoms with Gasteiger partial charge in [0.15, 0.2) is 11.5 Å². The van der Waals surface area contributed by atoms with Crippen molar-refractivity contribution in [1.29, 1.82) is 0 Å². The Balaban J connectivity index is 0.000000861. The highest BCUT2D eigenvalue weighted by molar-refractivity contribution is 7.96. The number of oxime groups is 1. The van der Waals surface area contributed by atoms with Crippen LogP contribution in [0.3, 0.4) is 0 Å². The van der Waals surface area contributed by atoms with Crippen LogP contribution in [-0.2, 0) is 25.3 Å². The Kier molecular flexibility index (Phi) is 9.69. The van der Waals surface area contributed by atoms with Crippen LogP contribution in [-0.4, -0.2) is 55.9 Å². The molecule has 0 aliphatic heterocycles. The van der Waals surface area contributed by atoms with E-state index in [-0.39, 0.29) is 22.4 Å². The summed E-state index contributed by atoms with van der Waals surface area (Å²) in [5.41, 5.74) is -0.0792. The minimum Gasteiger partial charge on any atom is -0.496 e. The van der Waals surface area contributed by atoms with Crippen molar-refractivity contribution in [3.8, 4) is 5.75 Å². The number of nitrogens with zero attached hydrogens (tertiary/aromatic N) is 1. The van der Waals surface area contributed by atoms with Crippen molar-refractivity contribution in [2.45, 2.75) is 6.92 Å². The van der Waals surface area contributed by atoms with Gasteiger partial charge in [-0.25, -0.2) is 4.79 Å². The first-order valence-corrected chi connectivity index (χ1v) is 10.9. The molecule has 0 saturated carbocycles. The SMILES string of the molecule is COc1ccc(C(=O)C(=NOC(C)=O)C(=O)C[S+](C)C)c2ccccc12.F[B-](F)(F)F. The third-order valence-electron chi connectivity index (χ3n) is 3.51. The third-order valence-corrected chi connectivity index (χ3v) is 4.35. The second-order valence-corrected chi connectivity index (χ2v) is 8.52. The summed E-state index contributed by atoms with van der Waals surface area (Å²) in [7, 11) is -4.68. The molecule has 31 heavy (non-hydrogen) atoms. The molecular weight excluding hydrogens is 441 g/mol. The molecule has 0 atom stereocenters. The summed E-state index contributed by atoms with van der Waals surface area (Å²) in [5, 5.41) is 4.92. The number of halogens is 4. The van der Waals surface area contributed by atoms with Crippen molar-refractivity contribution in [3.63, 3.8) is 0 Å². The normalized spacial score (nSPS) is 11.6. The van der Waals surface area contributed by atoms with Crippen molar-refractivity contribution in [3.05, 3.63) is 42.0 Å². The standard InChI is InChI=1S/C19H20NO5S.BF4/c1-12(21)25-20-18(16(22)11-26(3)4)19(23)15-9-10-17(24-2)14-8-6-5-7-13(14)15;2-1(3,4)5/h5-10H,11H2,1-4H3;/q+1;-1. The lowest BCUT2D eigenvalue weighted by molar-refractivity contribution is -0.140. The second kappa shape index (κ2) is 11.5. The zero-order valence-electron chi connectivity index (χ0n) is 17.2. The van der Waals surface area contributed by atoms with Gasteiger partial charge >= 0.3 is 13.2 Å². The average molecular weight is 461 g/mol. The lowest BCUT2D eigenvalue weighted by Crippen LogP contribution is -2.30. The van der Waals surface area contributed by atoms with E-state index < -0.39 is 24.8 Å². The van der Waals surface area contributed by atoms with E-state index in [0.29, 0.717) is 16.7 Å². The summed E-state index contributed by atoms with van der Waals surface area (Å²) in [5.74, 6) is -0.967. The van der Waals surface area contributed by atoms with Crippen LogP contribution >= 0.6 is 0 Å². The van der Waals surface area contributed by atoms with Crippen LogP contribution in [0.1, 0.15) is 17.3 Å². The quantitative estimate of drug-likeness (QED) is 0.0919. The molecule has 0 bridgehead atoms. The molecule has 0 heterocycles. The zero-order valence-corrected chi connectivity index (χ0v) is 18.0. The number of rotatable bonds is 7. The van der Waals surface area contributed by atoms with Gasteiger partial charge in [0.1, 0.15) is 5.75 Å². The molecule has 0 unspecified atom stereocenters. The first-order valence-electron chi connectivity index (χ1n) is 8.65. The molecule has 0 aliphatic rings. The van der Waals surface area contributed by atoms with Crippen molar-refractivity contribution >= 4 is 52.2 Å². The maximum Gasteiger partial charge on any atom is 0.673 e. The molecule has 2 aromatic carbocycles. The molecule has 0 radical (unpaired) electrons. The van der Waals surface area contributed by atoms with Gasteiger partial charge in [0, 0.05) is 17.9 Å². The minimum absolute atomic E-state index is 0.153. The molecule has 0 amide bonds. The van der Waals surface area contributed by atoms with Crippen LogP contribution in [0.4, 0.5) is 17.3 Å². The largest absolute Gasteiger partial charge is 0.673 e. The Bertz CT molecular complexity index is 989. The highest BCUT2D eigenvalue weighted by atomic mass is 32.2. The fourth-order valence-corrected chi connectivity index (χ4v) is 3.10. The number of fused-ring (bicyclic) bond motifs is 1. The molecule has 0 N–H and O–H groups in total. The van der Waals surface area contributed by atoms with E-state index in [9.17, 15) is 31.6 Å². The molecule has 0 fully saturated rings. The number of benzene rings is 2. The van der Waals surface area contributed by atoms with Gasteiger partial charge in [-0.05, 0) is 28.4 Å². The number of hydrogen-bond donors (Lipinski definition) is 0. The van der Waals surface area contributed by atoms with Crippen molar-refractivity contribution in [1.82, 2.24) is 0 Å². The van der Waals surface area contributed by atoms with E-state index in [4.69, 9.17) is 4.74 Å². The minimum atomic E-state index is -6.00. The van der Waals surface area contributed by atoms with E-state index in [2.05, 4.69) is 9.99 Å². The van der Waals surface area contributed by atoms with Crippen LogP contribution < -0.4 is 4.74 Å². The summed E-state index contributed by atoms with van der Waals surface area (Å²) >= 11 is 0. The topological polar surface area (TPSA) is 82.0 Å². The Morgan fingerprint density at radius 2 is 1.55 bits per heavy atom. The fraction of sp³-hybridized carbons (Fsp3) is 0.263. The van der Waals surface area contributed by atoms with E-state index in [1.54, 1.807) is 31.4 Å². The smallest absolute Gasteiger partial charge is 0.496 e. The van der Waals surface area contributed by atoms with Crippen molar-refractivity contribution in [2.75, 3.05) is 25.4 Å². The van der Waals surface area contributed by atoms with Crippen LogP contribution in [0, 0.1) is 0 Å². The van der Waals surface area contributed by atoms with E-state index in [1.807, 2.05) is 24.6 Å². The molecule has 12 heteroatoms. The summed E-state index contributed by atoms with van der Waals surface area (Å²) in [6.07, 6.45) is 3.77. The number of carbonyl (C=O) groups is 3. The van der Waals surface area contributed by atoms with Crippen LogP contribution in [0.2, 0.25) is 0 Å². The van der Waals surface area contributed by atoms with Gasteiger partial charge in [-0.3, -0.25) is 9.59 Å². The summed E-state index contributed by atoms with van der Waals surface area (Å²) in [6, 6.07) is 10.5. The van der Waals surface area contributed by atoms with Crippen LogP contribution in [0.25, 0.3) is 10.8 Å². The molecule has 2 rings (SSSR count). The maximum absolute atomic E-state index is 13.0. The van der Waals surface area contributed by atoms with Gasteiger partial charge in [-0.1, -0.05) is 29.4 Å². The molecular formula is C19H20BF4NO5S. The van der Waals surface area contributed by atoms with Gasteiger partial charge in [0.05, 0.1) is 19.6 Å². The molecule has 0 aliphatic carbocycles. The number of carbonyl (C=O) groups excluding carboxylic acids is 3. The van der Waals surface area contributed by atoms with Gasteiger partial charge in [0.2, 0.25) is 11.6 Å². The second-order valence-electron chi connectivity index (χ2n) is 6.26. The Labute approximate surface area is 179 Å². The lowest BCUT2D eigenvalue weighted by atomic mass is 9.97. The average Bonchev–Trinajstić information content (AvgIpc) is 2.65. The number of ether oxygens (including phenoxy) is 1. The fourth-order valence-electron chi connectivity index (χ4n) is 2.43. The first kappa shape index (κ1) is 26.2. The van der Waals surface area contributed by atoms with Crippen LogP contribution in [0.5, 0.6) is 5.75 Å². The number of hydrogen-bond acceptors (Lipinski definition) is 6. The van der Waals surface area contributed by atoms with Crippen molar-refractivity contribution < 1.29 is 41.2 Å². The van der Waals surface area contributed by atoms with E-state index >= 15 is 0 Å². The first-order chi connectivity index (χ1) is 14.3. The highest BCUT2D eigenvalue weighted by Gasteiger charge is 2.28. The Morgan fingerprint density at radius 1 is 1.00 bits per heavy atom. The Hall–Kier alpha value is -2.89. The van der Waals surface area contributed by atoms with E-state index in [1.165, 1.54) is 0 Å². The van der Waals surface area contributed by atoms with Crippen LogP contribution in [0.15, 0.2) is 41.6 Å². The van der Waals surface area contributed by atoms with Gasteiger partial charge < -0.3 is 26.8 Å². The summed E-state index contributed by atoms with van der Waals surface area (Å²) in [4.78, 5) is 41.2. The van der Waals surface area contributed by atoms with Gasteiger partial charge in [-0.2, -0.15) is 0 Å². The Morgan fingerprint density at radius 3 is 2.03 bits per heavy atom. The third kappa shape index (κ3) is 8.79. The molecule has 0 spiro atoms. The number of Topliss-reactive ketones (excluding diaryl/α,β-unsaturated/α-hetero) is 2. The summed E-state index contributed by atoms with van der Waals surface area (Å²) < 4.78 is 44.3. The lowest BCUT2D eigenvalue weighted by Gasteiger charge is -2.10. The molecule has 168 valence electrons. The van der Waals surface area contributed by atoms with E-state index in [0.717, 1.165) is 12.3 Å². The maximum atomic E-state index is 13.0. The zero-order chi connectivity index (χ0) is 23.8. The van der Waals surface area contributed by atoms with Gasteiger partial charge in [-0.15, -0.1) is 0 Å². The summed E-state index contributed by atoms with van der Waals surface area (Å²) in [6.45, 7) is 1.16. The molecule has 0 aromatic heterocycles. The molecule has 6 nitrogen and oxygen atoms in total.